The van der Waals surface area contributed by atoms with E-state index in [4.69, 9.17) is 0 Å². The van der Waals surface area contributed by atoms with Crippen molar-refractivity contribution in [1.29, 1.82) is 0 Å². The molecular weight excluding hydrogens is 380 g/mol. The first-order chi connectivity index (χ1) is 15.3. The van der Waals surface area contributed by atoms with Gasteiger partial charge in [-0.2, -0.15) is 0 Å². The summed E-state index contributed by atoms with van der Waals surface area (Å²) in [6, 6.07) is 39.5. The third-order valence-electron chi connectivity index (χ3n) is 4.92. The molecule has 2 N–H and O–H groups in total. The van der Waals surface area contributed by atoms with Gasteiger partial charge in [-0.15, -0.1) is 0 Å². The molecule has 0 fully saturated rings. The Labute approximate surface area is 183 Å². The minimum absolute atomic E-state index is 0.147. The molecule has 0 aliphatic rings. The summed E-state index contributed by atoms with van der Waals surface area (Å²) in [7, 11) is 0. The molecule has 3 nitrogen and oxygen atoms in total. The van der Waals surface area contributed by atoms with Gasteiger partial charge in [-0.3, -0.25) is 4.79 Å². The lowest BCUT2D eigenvalue weighted by atomic mass is 9.98. The van der Waals surface area contributed by atoms with Crippen LogP contribution in [0.15, 0.2) is 127 Å². The number of nitrogens with one attached hydrogen (secondary N) is 2. The fourth-order valence-corrected chi connectivity index (χ4v) is 3.45. The fourth-order valence-electron chi connectivity index (χ4n) is 3.45. The number of hydrogen-bond acceptors (Lipinski definition) is 2. The maximum absolute atomic E-state index is 13.5. The number of rotatable bonds is 7. The molecule has 3 heteroatoms. The first-order valence-electron chi connectivity index (χ1n) is 10.3. The molecule has 0 bridgehead atoms. The maximum Gasteiger partial charge on any atom is 0.258 e. The zero-order valence-electron chi connectivity index (χ0n) is 17.2. The van der Waals surface area contributed by atoms with E-state index in [1.54, 1.807) is 0 Å². The molecule has 0 aliphatic heterocycles. The van der Waals surface area contributed by atoms with Crippen LogP contribution in [0.4, 0.5) is 11.4 Å². The van der Waals surface area contributed by atoms with Crippen LogP contribution in [0, 0.1) is 0 Å². The predicted molar refractivity (Wildman–Crippen MR) is 129 cm³/mol. The molecule has 4 rings (SSSR count). The molecule has 0 spiro atoms. The second-order valence-corrected chi connectivity index (χ2v) is 7.19. The quantitative estimate of drug-likeness (QED) is 0.350. The number of hydrogen-bond donors (Lipinski definition) is 2. The largest absolute Gasteiger partial charge is 0.358 e. The summed E-state index contributed by atoms with van der Waals surface area (Å²) in [5.41, 5.74) is 5.16. The van der Waals surface area contributed by atoms with E-state index in [1.165, 1.54) is 0 Å². The van der Waals surface area contributed by atoms with E-state index in [-0.39, 0.29) is 5.91 Å². The normalized spacial score (nSPS) is 11.4. The van der Waals surface area contributed by atoms with Crippen LogP contribution in [0.1, 0.15) is 11.1 Å². The summed E-state index contributed by atoms with van der Waals surface area (Å²) in [6.45, 7) is 0. The Bertz CT molecular complexity index is 1100. The number of allylic oxidation sites excluding steroid dienone is 1. The summed E-state index contributed by atoms with van der Waals surface area (Å²) < 4.78 is 0. The lowest BCUT2D eigenvalue weighted by molar-refractivity contribution is -0.111. The van der Waals surface area contributed by atoms with Crippen molar-refractivity contribution < 1.29 is 4.79 Å². The number of amides is 1. The standard InChI is InChI=1S/C28H24N2O/c31-28(30-25-19-11-4-12-20-25)27(23-15-7-2-8-16-23)26(21-22-13-5-1-6-14-22)29-24-17-9-3-10-18-24/h1-20,29H,21H2,(H,30,31)/b27-26+. The van der Waals surface area contributed by atoms with Crippen LogP contribution in [-0.4, -0.2) is 5.91 Å². The third kappa shape index (κ3) is 5.49. The molecule has 0 unspecified atom stereocenters. The number of para-hydroxylation sites is 2. The summed E-state index contributed by atoms with van der Waals surface area (Å²) in [6.07, 6.45) is 0.599. The molecule has 0 saturated carbocycles. The van der Waals surface area contributed by atoms with Crippen LogP contribution in [0.2, 0.25) is 0 Å². The number of anilines is 2. The first kappa shape index (κ1) is 20.2. The smallest absolute Gasteiger partial charge is 0.258 e. The molecule has 1 amide bonds. The van der Waals surface area contributed by atoms with E-state index in [1.807, 2.05) is 109 Å². The highest BCUT2D eigenvalue weighted by Crippen LogP contribution is 2.25. The summed E-state index contributed by atoms with van der Waals surface area (Å²) >= 11 is 0. The van der Waals surface area contributed by atoms with Crippen molar-refractivity contribution in [2.45, 2.75) is 6.42 Å². The van der Waals surface area contributed by atoms with Gasteiger partial charge in [0, 0.05) is 23.5 Å². The molecule has 0 aromatic heterocycles. The lowest BCUT2D eigenvalue weighted by Gasteiger charge is -2.18. The Balaban J connectivity index is 1.80. The highest BCUT2D eigenvalue weighted by molar-refractivity contribution is 6.26. The Kier molecular flexibility index (Phi) is 6.56. The second kappa shape index (κ2) is 10.1. The van der Waals surface area contributed by atoms with Gasteiger partial charge >= 0.3 is 0 Å². The lowest BCUT2D eigenvalue weighted by Crippen LogP contribution is -2.19. The molecule has 152 valence electrons. The molecular formula is C28H24N2O. The minimum Gasteiger partial charge on any atom is -0.358 e. The van der Waals surface area contributed by atoms with Crippen LogP contribution < -0.4 is 10.6 Å². The van der Waals surface area contributed by atoms with E-state index in [9.17, 15) is 4.79 Å². The van der Waals surface area contributed by atoms with Crippen molar-refractivity contribution in [3.05, 3.63) is 138 Å². The maximum atomic E-state index is 13.5. The average Bonchev–Trinajstić information content (AvgIpc) is 2.82. The molecule has 0 radical (unpaired) electrons. The van der Waals surface area contributed by atoms with Crippen LogP contribution in [0.3, 0.4) is 0 Å². The zero-order valence-corrected chi connectivity index (χ0v) is 17.2. The average molecular weight is 405 g/mol. The van der Waals surface area contributed by atoms with Gasteiger partial charge < -0.3 is 10.6 Å². The summed E-state index contributed by atoms with van der Waals surface area (Å²) in [5.74, 6) is -0.147. The van der Waals surface area contributed by atoms with Gasteiger partial charge in [0.05, 0.1) is 5.57 Å². The van der Waals surface area contributed by atoms with Gasteiger partial charge in [0.15, 0.2) is 0 Å². The van der Waals surface area contributed by atoms with Gasteiger partial charge in [0.25, 0.3) is 5.91 Å². The van der Waals surface area contributed by atoms with E-state index in [0.29, 0.717) is 12.0 Å². The third-order valence-corrected chi connectivity index (χ3v) is 4.92. The van der Waals surface area contributed by atoms with Crippen molar-refractivity contribution in [2.75, 3.05) is 10.6 Å². The second-order valence-electron chi connectivity index (χ2n) is 7.19. The predicted octanol–water partition coefficient (Wildman–Crippen LogP) is 6.39. The van der Waals surface area contributed by atoms with E-state index in [0.717, 1.165) is 28.2 Å². The van der Waals surface area contributed by atoms with E-state index < -0.39 is 0 Å². The van der Waals surface area contributed by atoms with Crippen LogP contribution in [-0.2, 0) is 11.2 Å². The van der Waals surface area contributed by atoms with Crippen molar-refractivity contribution in [3.8, 4) is 0 Å². The highest BCUT2D eigenvalue weighted by atomic mass is 16.1. The molecule has 0 saturated heterocycles. The molecule has 0 aliphatic carbocycles. The molecule has 4 aromatic rings. The highest BCUT2D eigenvalue weighted by Gasteiger charge is 2.19. The van der Waals surface area contributed by atoms with Crippen molar-refractivity contribution >= 4 is 22.9 Å². The number of benzene rings is 4. The SMILES string of the molecule is O=C(Nc1ccccc1)/C(=C(\Cc1ccccc1)Nc1ccccc1)c1ccccc1. The van der Waals surface area contributed by atoms with Crippen LogP contribution in [0.25, 0.3) is 5.57 Å². The summed E-state index contributed by atoms with van der Waals surface area (Å²) in [5, 5.41) is 6.57. The van der Waals surface area contributed by atoms with Gasteiger partial charge in [-0.05, 0) is 35.4 Å². The Hall–Kier alpha value is -4.11. The molecule has 0 heterocycles. The van der Waals surface area contributed by atoms with Gasteiger partial charge in [0.2, 0.25) is 0 Å². The number of carbonyl (C=O) groups is 1. The van der Waals surface area contributed by atoms with Gasteiger partial charge in [-0.1, -0.05) is 97.1 Å². The number of carbonyl (C=O) groups excluding carboxylic acids is 1. The van der Waals surface area contributed by atoms with E-state index >= 15 is 0 Å². The van der Waals surface area contributed by atoms with Crippen molar-refractivity contribution in [2.24, 2.45) is 0 Å². The zero-order chi connectivity index (χ0) is 21.3. The monoisotopic (exact) mass is 404 g/mol. The minimum atomic E-state index is -0.147. The van der Waals surface area contributed by atoms with Crippen LogP contribution in [0.5, 0.6) is 0 Å². The Morgan fingerprint density at radius 2 is 1.00 bits per heavy atom. The molecule has 31 heavy (non-hydrogen) atoms. The Morgan fingerprint density at radius 1 is 0.548 bits per heavy atom. The van der Waals surface area contributed by atoms with Crippen molar-refractivity contribution in [3.63, 3.8) is 0 Å². The first-order valence-corrected chi connectivity index (χ1v) is 10.3. The Morgan fingerprint density at radius 3 is 1.55 bits per heavy atom. The van der Waals surface area contributed by atoms with Crippen LogP contribution >= 0.6 is 0 Å². The van der Waals surface area contributed by atoms with Gasteiger partial charge in [-0.25, -0.2) is 0 Å². The van der Waals surface area contributed by atoms with Gasteiger partial charge in [0.1, 0.15) is 0 Å². The fraction of sp³-hybridized carbons (Fsp3) is 0.0357. The topological polar surface area (TPSA) is 41.1 Å². The van der Waals surface area contributed by atoms with E-state index in [2.05, 4.69) is 22.8 Å². The summed E-state index contributed by atoms with van der Waals surface area (Å²) in [4.78, 5) is 13.5. The molecule has 4 aromatic carbocycles. The van der Waals surface area contributed by atoms with Crippen molar-refractivity contribution in [1.82, 2.24) is 0 Å². The molecule has 0 atom stereocenters.